The lowest BCUT2D eigenvalue weighted by Crippen LogP contribution is -2.50. The van der Waals surface area contributed by atoms with Crippen LogP contribution in [0.15, 0.2) is 41.5 Å². The van der Waals surface area contributed by atoms with Crippen molar-refractivity contribution in [2.45, 2.75) is 117 Å². The number of carbonyl (C=O) groups is 2. The highest BCUT2D eigenvalue weighted by molar-refractivity contribution is 6.02. The van der Waals surface area contributed by atoms with Gasteiger partial charge in [-0.3, -0.25) is 9.59 Å². The van der Waals surface area contributed by atoms with Crippen molar-refractivity contribution < 1.29 is 19.8 Å². The molecule has 1 aromatic rings. The molecule has 4 heteroatoms. The molecule has 226 valence electrons. The Morgan fingerprint density at radius 1 is 0.786 bits per heavy atom. The fourth-order valence-electron chi connectivity index (χ4n) is 11.9. The number of aryl methyl sites for hydroxylation is 1. The van der Waals surface area contributed by atoms with Crippen molar-refractivity contribution in [2.24, 2.45) is 45.8 Å². The molecule has 7 aliphatic carbocycles. The molecule has 0 unspecified atom stereocenters. The Balaban J connectivity index is 0.000000138. The van der Waals surface area contributed by atoms with E-state index in [4.69, 9.17) is 0 Å². The Morgan fingerprint density at radius 2 is 1.57 bits per heavy atom. The smallest absolute Gasteiger partial charge is 0.178 e. The number of fused-ring (bicyclic) bond motifs is 10. The fourth-order valence-corrected chi connectivity index (χ4v) is 11.9. The van der Waals surface area contributed by atoms with Gasteiger partial charge >= 0.3 is 0 Å². The van der Waals surface area contributed by atoms with Crippen LogP contribution in [-0.4, -0.2) is 27.9 Å². The second kappa shape index (κ2) is 9.91. The van der Waals surface area contributed by atoms with Crippen LogP contribution in [0.25, 0.3) is 0 Å². The van der Waals surface area contributed by atoms with E-state index in [2.05, 4.69) is 33.8 Å². The molecule has 2 N–H and O–H groups in total. The zero-order valence-corrected chi connectivity index (χ0v) is 26.1. The number of allylic oxidation sites excluding steroid dienone is 4. The van der Waals surface area contributed by atoms with Gasteiger partial charge in [-0.15, -0.1) is 0 Å². The second-order valence-electron chi connectivity index (χ2n) is 15.9. The van der Waals surface area contributed by atoms with Gasteiger partial charge in [0, 0.05) is 17.3 Å². The highest BCUT2D eigenvalue weighted by atomic mass is 16.3. The van der Waals surface area contributed by atoms with Crippen LogP contribution in [0.2, 0.25) is 0 Å². The number of ketones is 2. The van der Waals surface area contributed by atoms with E-state index in [1.54, 1.807) is 0 Å². The van der Waals surface area contributed by atoms with Crippen molar-refractivity contribution in [1.29, 1.82) is 0 Å². The van der Waals surface area contributed by atoms with Gasteiger partial charge in [0.2, 0.25) is 0 Å². The van der Waals surface area contributed by atoms with Crippen molar-refractivity contribution in [1.82, 2.24) is 0 Å². The van der Waals surface area contributed by atoms with Crippen LogP contribution >= 0.6 is 0 Å². The van der Waals surface area contributed by atoms with E-state index >= 15 is 0 Å². The molecular weight excluding hydrogens is 520 g/mol. The van der Waals surface area contributed by atoms with Gasteiger partial charge in [-0.25, -0.2) is 0 Å². The minimum Gasteiger partial charge on any atom is -0.508 e. The van der Waals surface area contributed by atoms with Gasteiger partial charge in [0.15, 0.2) is 5.78 Å². The lowest BCUT2D eigenvalue weighted by atomic mass is 9.47. The van der Waals surface area contributed by atoms with Crippen LogP contribution in [0, 0.1) is 45.8 Å². The average Bonchev–Trinajstić information content (AvgIpc) is 3.44. The summed E-state index contributed by atoms with van der Waals surface area (Å²) in [4.78, 5) is 24.3. The highest BCUT2D eigenvalue weighted by Gasteiger charge is 2.59. The van der Waals surface area contributed by atoms with E-state index in [0.29, 0.717) is 41.1 Å². The van der Waals surface area contributed by atoms with Crippen LogP contribution in [-0.2, 0) is 16.0 Å². The van der Waals surface area contributed by atoms with E-state index in [1.165, 1.54) is 48.0 Å². The number of benzene rings is 1. The first-order valence-corrected chi connectivity index (χ1v) is 16.9. The van der Waals surface area contributed by atoms with Crippen molar-refractivity contribution >= 4 is 11.6 Å². The SMILES string of the molecule is CC1=CC(=O)C=C2CC[C@@H]3[C@H](CC[C@]4(C)C(=O)CC[C@@H]34)[C@@]12C.C[C@]12CC[C@@H]3c4ccc(O)cc4CC[C@H]3[C@@H]1CC[C@@H]2O. The molecule has 0 spiro atoms. The normalized spacial score (nSPS) is 45.1. The number of aliphatic hydroxyl groups excluding tert-OH is 1. The summed E-state index contributed by atoms with van der Waals surface area (Å²) in [5.74, 6) is 5.00. The van der Waals surface area contributed by atoms with Gasteiger partial charge in [0.25, 0.3) is 0 Å². The molecule has 0 saturated heterocycles. The van der Waals surface area contributed by atoms with Gasteiger partial charge in [-0.05, 0) is 154 Å². The maximum Gasteiger partial charge on any atom is 0.178 e. The monoisotopic (exact) mass is 570 g/mol. The van der Waals surface area contributed by atoms with Crippen LogP contribution in [0.4, 0.5) is 0 Å². The molecule has 0 amide bonds. The van der Waals surface area contributed by atoms with E-state index < -0.39 is 0 Å². The minimum atomic E-state index is -0.0883. The Bertz CT molecular complexity index is 1370. The molecule has 0 radical (unpaired) electrons. The van der Waals surface area contributed by atoms with E-state index in [9.17, 15) is 19.8 Å². The van der Waals surface area contributed by atoms with Crippen molar-refractivity contribution in [3.63, 3.8) is 0 Å². The van der Waals surface area contributed by atoms with Crippen LogP contribution in [0.5, 0.6) is 5.75 Å². The van der Waals surface area contributed by atoms with Gasteiger partial charge in [0.05, 0.1) is 6.10 Å². The van der Waals surface area contributed by atoms with Gasteiger partial charge < -0.3 is 10.2 Å². The fraction of sp³-hybridized carbons (Fsp3) is 0.684. The summed E-state index contributed by atoms with van der Waals surface area (Å²) >= 11 is 0. The number of aromatic hydroxyl groups is 1. The molecule has 5 fully saturated rings. The number of Topliss-reactive ketones (excluding diaryl/α,β-unsaturated/α-hetero) is 1. The van der Waals surface area contributed by atoms with E-state index in [0.717, 1.165) is 57.3 Å². The molecule has 4 nitrogen and oxygen atoms in total. The lowest BCUT2D eigenvalue weighted by molar-refractivity contribution is -0.131. The molecule has 7 aliphatic rings. The minimum absolute atomic E-state index is 0.0547. The maximum absolute atomic E-state index is 12.4. The standard InChI is InChI=1S/C20H26O2.C18H24O2/c1-12-10-14(21)11-13-4-5-15-16-6-7-18(22)19(16,2)9-8-17(15)20(12,13)3;1-18-9-8-14-13-5-3-12(19)10-11(13)2-4-15(14)16(18)6-7-17(18)20/h10-11,15-17H,4-9H2,1-3H3;3,5,10,14-17,19-20H,2,4,6-9H2,1H3/t15-,16-,17-,19-,20-;14-,15-,16+,17+,18+/m01/s1. The van der Waals surface area contributed by atoms with Crippen molar-refractivity contribution in [2.75, 3.05) is 0 Å². The van der Waals surface area contributed by atoms with Crippen LogP contribution in [0.1, 0.15) is 115 Å². The maximum atomic E-state index is 12.4. The summed E-state index contributed by atoms with van der Waals surface area (Å²) in [5, 5.41) is 20.0. The second-order valence-corrected chi connectivity index (χ2v) is 15.9. The van der Waals surface area contributed by atoms with Gasteiger partial charge in [-0.2, -0.15) is 0 Å². The number of carbonyl (C=O) groups excluding carboxylic acids is 2. The molecule has 10 atom stereocenters. The number of hydrogen-bond acceptors (Lipinski definition) is 4. The summed E-state index contributed by atoms with van der Waals surface area (Å²) in [5.41, 5.74) is 5.60. The summed E-state index contributed by atoms with van der Waals surface area (Å²) in [7, 11) is 0. The number of hydrogen-bond donors (Lipinski definition) is 2. The number of phenolic OH excluding ortho intramolecular Hbond substituents is 1. The summed E-state index contributed by atoms with van der Waals surface area (Å²) < 4.78 is 0. The third-order valence-electron chi connectivity index (χ3n) is 14.5. The molecule has 0 bridgehead atoms. The predicted molar refractivity (Wildman–Crippen MR) is 165 cm³/mol. The third kappa shape index (κ3) is 4.02. The highest BCUT2D eigenvalue weighted by Crippen LogP contribution is 2.65. The summed E-state index contributed by atoms with van der Waals surface area (Å²) in [6.45, 7) is 9.04. The van der Waals surface area contributed by atoms with Gasteiger partial charge in [-0.1, -0.05) is 38.0 Å². The summed E-state index contributed by atoms with van der Waals surface area (Å²) in [6, 6.07) is 5.96. The number of aliphatic hydroxyl groups is 1. The number of phenols is 1. The van der Waals surface area contributed by atoms with Crippen molar-refractivity contribution in [3.8, 4) is 5.75 Å². The molecule has 5 saturated carbocycles. The van der Waals surface area contributed by atoms with Crippen LogP contribution < -0.4 is 0 Å². The zero-order valence-electron chi connectivity index (χ0n) is 26.1. The number of rotatable bonds is 0. The largest absolute Gasteiger partial charge is 0.508 e. The molecule has 42 heavy (non-hydrogen) atoms. The molecule has 0 heterocycles. The Kier molecular flexibility index (Phi) is 6.74. The Labute approximate surface area is 252 Å². The molecule has 8 rings (SSSR count). The van der Waals surface area contributed by atoms with E-state index in [-0.39, 0.29) is 28.1 Å². The summed E-state index contributed by atoms with van der Waals surface area (Å²) in [6.07, 6.45) is 16.8. The molecular formula is C38H50O4. The quantitative estimate of drug-likeness (QED) is 0.333. The van der Waals surface area contributed by atoms with Gasteiger partial charge in [0.1, 0.15) is 11.5 Å². The van der Waals surface area contributed by atoms with Crippen LogP contribution in [0.3, 0.4) is 0 Å². The first-order valence-electron chi connectivity index (χ1n) is 16.9. The molecule has 0 aromatic heterocycles. The molecule has 0 aliphatic heterocycles. The predicted octanol–water partition coefficient (Wildman–Crippen LogP) is 7.86. The zero-order chi connectivity index (χ0) is 29.6. The Morgan fingerprint density at radius 3 is 2.38 bits per heavy atom. The van der Waals surface area contributed by atoms with Crippen molar-refractivity contribution in [3.05, 3.63) is 52.6 Å². The third-order valence-corrected chi connectivity index (χ3v) is 14.5. The Hall–Kier alpha value is -2.20. The first-order chi connectivity index (χ1) is 20.0. The first kappa shape index (κ1) is 28.6. The lowest BCUT2D eigenvalue weighted by Gasteiger charge is -2.57. The van der Waals surface area contributed by atoms with E-state index in [1.807, 2.05) is 24.3 Å². The molecule has 1 aromatic carbocycles. The topological polar surface area (TPSA) is 74.6 Å². The average molecular weight is 571 g/mol.